The number of hydrogen-bond donors (Lipinski definition) is 1. The molecule has 32 heavy (non-hydrogen) atoms. The van der Waals surface area contributed by atoms with E-state index in [1.165, 1.54) is 23.5 Å². The van der Waals surface area contributed by atoms with Crippen molar-refractivity contribution in [3.05, 3.63) is 64.9 Å². The van der Waals surface area contributed by atoms with Gasteiger partial charge < -0.3 is 15.0 Å². The Labute approximate surface area is 193 Å². The second-order valence-electron chi connectivity index (χ2n) is 8.13. The van der Waals surface area contributed by atoms with Crippen LogP contribution in [0.2, 0.25) is 5.02 Å². The van der Waals surface area contributed by atoms with Crippen molar-refractivity contribution in [3.8, 4) is 5.75 Å². The van der Waals surface area contributed by atoms with Gasteiger partial charge in [-0.3, -0.25) is 9.59 Å². The summed E-state index contributed by atoms with van der Waals surface area (Å²) in [4.78, 5) is 27.8. The van der Waals surface area contributed by atoms with Gasteiger partial charge in [0.05, 0.1) is 0 Å². The van der Waals surface area contributed by atoms with Crippen molar-refractivity contribution in [2.45, 2.75) is 64.1 Å². The third-order valence-corrected chi connectivity index (χ3v) is 6.04. The summed E-state index contributed by atoms with van der Waals surface area (Å²) < 4.78 is 19.4. The quantitative estimate of drug-likeness (QED) is 0.565. The number of halogens is 2. The number of benzene rings is 2. The molecule has 0 unspecified atom stereocenters. The van der Waals surface area contributed by atoms with Crippen LogP contribution in [0.1, 0.15) is 51.0 Å². The number of rotatable bonds is 9. The van der Waals surface area contributed by atoms with Crippen LogP contribution < -0.4 is 10.1 Å². The highest BCUT2D eigenvalue weighted by Gasteiger charge is 2.30. The smallest absolute Gasteiger partial charge is 0.261 e. The summed E-state index contributed by atoms with van der Waals surface area (Å²) in [6.07, 6.45) is 5.78. The minimum absolute atomic E-state index is 0.00648. The zero-order valence-corrected chi connectivity index (χ0v) is 19.1. The summed E-state index contributed by atoms with van der Waals surface area (Å²) in [5.74, 6) is -1.07. The van der Waals surface area contributed by atoms with Crippen LogP contribution in [0.25, 0.3) is 0 Å². The molecule has 1 aliphatic rings. The number of amides is 2. The molecule has 0 spiro atoms. The van der Waals surface area contributed by atoms with Crippen molar-refractivity contribution in [2.24, 2.45) is 0 Å². The second kappa shape index (κ2) is 11.9. The summed E-state index contributed by atoms with van der Waals surface area (Å²) in [6.45, 7) is 1.75. The summed E-state index contributed by atoms with van der Waals surface area (Å²) in [6, 6.07) is 12.6. The third kappa shape index (κ3) is 6.70. The maximum Gasteiger partial charge on any atom is 0.261 e. The van der Waals surface area contributed by atoms with E-state index >= 15 is 0 Å². The lowest BCUT2D eigenvalue weighted by Crippen LogP contribution is -2.52. The van der Waals surface area contributed by atoms with Crippen LogP contribution in [-0.4, -0.2) is 35.4 Å². The second-order valence-corrected chi connectivity index (χ2v) is 8.57. The van der Waals surface area contributed by atoms with Crippen molar-refractivity contribution in [2.75, 3.05) is 6.61 Å². The first-order chi connectivity index (χ1) is 15.5. The lowest BCUT2D eigenvalue weighted by atomic mass is 9.95. The van der Waals surface area contributed by atoms with Gasteiger partial charge in [-0.05, 0) is 49.1 Å². The number of carbonyl (C=O) groups excluding carboxylic acids is 2. The maximum absolute atomic E-state index is 13.9. The topological polar surface area (TPSA) is 58.6 Å². The molecule has 172 valence electrons. The first-order valence-electron chi connectivity index (χ1n) is 11.2. The summed E-state index contributed by atoms with van der Waals surface area (Å²) in [5.41, 5.74) is 0.845. The zero-order valence-electron chi connectivity index (χ0n) is 18.4. The van der Waals surface area contributed by atoms with Gasteiger partial charge in [-0.15, -0.1) is 0 Å². The number of carbonyl (C=O) groups is 2. The van der Waals surface area contributed by atoms with E-state index in [9.17, 15) is 14.0 Å². The Morgan fingerprint density at radius 1 is 1.12 bits per heavy atom. The predicted molar refractivity (Wildman–Crippen MR) is 123 cm³/mol. The average Bonchev–Trinajstić information content (AvgIpc) is 2.80. The van der Waals surface area contributed by atoms with E-state index in [0.29, 0.717) is 11.4 Å². The fourth-order valence-corrected chi connectivity index (χ4v) is 4.16. The van der Waals surface area contributed by atoms with Gasteiger partial charge >= 0.3 is 0 Å². The summed E-state index contributed by atoms with van der Waals surface area (Å²) in [5, 5.41) is 3.72. The van der Waals surface area contributed by atoms with Gasteiger partial charge in [0.1, 0.15) is 6.04 Å². The first kappa shape index (κ1) is 24.1. The average molecular weight is 461 g/mol. The Hall–Kier alpha value is -2.60. The molecule has 0 saturated heterocycles. The van der Waals surface area contributed by atoms with Crippen LogP contribution in [0.15, 0.2) is 48.5 Å². The van der Waals surface area contributed by atoms with Crippen LogP contribution in [0.5, 0.6) is 5.75 Å². The summed E-state index contributed by atoms with van der Waals surface area (Å²) in [7, 11) is 0. The molecule has 0 aliphatic heterocycles. The highest BCUT2D eigenvalue weighted by Crippen LogP contribution is 2.20. The Bertz CT molecular complexity index is 900. The predicted octanol–water partition coefficient (Wildman–Crippen LogP) is 5.11. The highest BCUT2D eigenvalue weighted by molar-refractivity contribution is 6.30. The van der Waals surface area contributed by atoms with Gasteiger partial charge in [-0.2, -0.15) is 0 Å². The van der Waals surface area contributed by atoms with Crippen molar-refractivity contribution >= 4 is 23.4 Å². The molecule has 1 N–H and O–H groups in total. The van der Waals surface area contributed by atoms with Crippen LogP contribution in [-0.2, 0) is 16.1 Å². The molecular weight excluding hydrogens is 431 g/mol. The first-order valence-corrected chi connectivity index (χ1v) is 11.6. The molecule has 2 aromatic carbocycles. The Balaban J connectivity index is 1.75. The Morgan fingerprint density at radius 2 is 1.81 bits per heavy atom. The molecule has 7 heteroatoms. The van der Waals surface area contributed by atoms with E-state index in [4.69, 9.17) is 16.3 Å². The normalized spacial score (nSPS) is 15.1. The molecule has 0 aromatic heterocycles. The number of nitrogens with one attached hydrogen (secondary N) is 1. The fourth-order valence-electron chi connectivity index (χ4n) is 4.03. The molecular formula is C25H30ClFN2O3. The SMILES string of the molecule is CC[C@@H](C(=O)NC1CCCCC1)N(Cc1ccc(Cl)cc1)C(=O)COc1ccccc1F. The van der Waals surface area contributed by atoms with E-state index in [0.717, 1.165) is 31.2 Å². The molecule has 0 radical (unpaired) electrons. The van der Waals surface area contributed by atoms with E-state index in [1.807, 2.05) is 19.1 Å². The van der Waals surface area contributed by atoms with Crippen molar-refractivity contribution in [3.63, 3.8) is 0 Å². The van der Waals surface area contributed by atoms with E-state index < -0.39 is 11.9 Å². The molecule has 5 nitrogen and oxygen atoms in total. The minimum atomic E-state index is -0.649. The Morgan fingerprint density at radius 3 is 2.47 bits per heavy atom. The molecule has 1 atom stereocenters. The van der Waals surface area contributed by atoms with Gasteiger partial charge in [-0.25, -0.2) is 4.39 Å². The number of ether oxygens (including phenoxy) is 1. The lowest BCUT2D eigenvalue weighted by Gasteiger charge is -2.32. The van der Waals surface area contributed by atoms with Gasteiger partial charge in [0, 0.05) is 17.6 Å². The van der Waals surface area contributed by atoms with Crippen LogP contribution in [0.3, 0.4) is 0 Å². The van der Waals surface area contributed by atoms with E-state index in [-0.39, 0.29) is 36.8 Å². The molecule has 0 heterocycles. The van der Waals surface area contributed by atoms with Gasteiger partial charge in [0.25, 0.3) is 5.91 Å². The molecule has 2 aromatic rings. The van der Waals surface area contributed by atoms with Crippen molar-refractivity contribution in [1.29, 1.82) is 0 Å². The molecule has 1 aliphatic carbocycles. The highest BCUT2D eigenvalue weighted by atomic mass is 35.5. The van der Waals surface area contributed by atoms with Crippen LogP contribution in [0, 0.1) is 5.82 Å². The Kier molecular flexibility index (Phi) is 8.91. The van der Waals surface area contributed by atoms with Crippen LogP contribution in [0.4, 0.5) is 4.39 Å². The van der Waals surface area contributed by atoms with Gasteiger partial charge in [0.15, 0.2) is 18.2 Å². The number of nitrogens with zero attached hydrogens (tertiary/aromatic N) is 1. The number of hydrogen-bond acceptors (Lipinski definition) is 3. The monoisotopic (exact) mass is 460 g/mol. The summed E-state index contributed by atoms with van der Waals surface area (Å²) >= 11 is 5.99. The molecule has 0 bridgehead atoms. The van der Waals surface area contributed by atoms with Gasteiger partial charge in [0.2, 0.25) is 5.91 Å². The van der Waals surface area contributed by atoms with Crippen molar-refractivity contribution < 1.29 is 18.7 Å². The standard InChI is InChI=1S/C25H30ClFN2O3/c1-2-22(25(31)28-20-8-4-3-5-9-20)29(16-18-12-14-19(26)15-13-18)24(30)17-32-23-11-7-6-10-21(23)27/h6-7,10-15,20,22H,2-5,8-9,16-17H2,1H3,(H,28,31)/t22-/m0/s1. The fraction of sp³-hybridized carbons (Fsp3) is 0.440. The van der Waals surface area contributed by atoms with Crippen molar-refractivity contribution in [1.82, 2.24) is 10.2 Å². The molecule has 2 amide bonds. The van der Waals surface area contributed by atoms with Gasteiger partial charge in [-0.1, -0.05) is 62.1 Å². The largest absolute Gasteiger partial charge is 0.481 e. The molecule has 1 fully saturated rings. The number of para-hydroxylation sites is 1. The van der Waals surface area contributed by atoms with E-state index in [2.05, 4.69) is 5.32 Å². The zero-order chi connectivity index (χ0) is 22.9. The lowest BCUT2D eigenvalue weighted by molar-refractivity contribution is -0.143. The maximum atomic E-state index is 13.9. The molecule has 1 saturated carbocycles. The minimum Gasteiger partial charge on any atom is -0.481 e. The van der Waals surface area contributed by atoms with E-state index in [1.54, 1.807) is 24.3 Å². The van der Waals surface area contributed by atoms with Crippen LogP contribution >= 0.6 is 11.6 Å². The third-order valence-electron chi connectivity index (χ3n) is 5.79. The molecule has 3 rings (SSSR count).